The first-order valence-electron chi connectivity index (χ1n) is 10.8. The second kappa shape index (κ2) is 10.8. The van der Waals surface area contributed by atoms with Crippen LogP contribution in [0.4, 0.5) is 0 Å². The Morgan fingerprint density at radius 3 is 2.50 bits per heavy atom. The van der Waals surface area contributed by atoms with Gasteiger partial charge in [-0.15, -0.1) is 0 Å². The van der Waals surface area contributed by atoms with E-state index in [1.807, 2.05) is 19.1 Å². The number of aliphatic hydroxyl groups is 1. The van der Waals surface area contributed by atoms with E-state index in [4.69, 9.17) is 4.74 Å². The Kier molecular flexibility index (Phi) is 8.12. The molecule has 3 aromatic rings. The summed E-state index contributed by atoms with van der Waals surface area (Å²) >= 11 is -1.30. The SMILES string of the molecule is CCC(C)c1ccc(-c2cc([S+]([O-])CC)c(C(CO)n3ccnc3)cc2C(=O)OC)cc1. The molecule has 0 aliphatic rings. The number of aromatic nitrogens is 2. The second-order valence-corrected chi connectivity index (χ2v) is 9.41. The Balaban J connectivity index is 2.22. The van der Waals surface area contributed by atoms with Crippen molar-refractivity contribution in [2.75, 3.05) is 19.5 Å². The third-order valence-corrected chi connectivity index (χ3v) is 7.25. The Labute approximate surface area is 192 Å². The smallest absolute Gasteiger partial charge is 0.338 e. The third-order valence-electron chi connectivity index (χ3n) is 5.88. The zero-order valence-corrected chi connectivity index (χ0v) is 19.8. The fourth-order valence-corrected chi connectivity index (χ4v) is 4.78. The second-order valence-electron chi connectivity index (χ2n) is 7.70. The zero-order valence-electron chi connectivity index (χ0n) is 18.9. The number of imidazole rings is 1. The minimum Gasteiger partial charge on any atom is -0.611 e. The highest BCUT2D eigenvalue weighted by Gasteiger charge is 2.28. The number of carbonyl (C=O) groups excluding carboxylic acids is 1. The van der Waals surface area contributed by atoms with E-state index < -0.39 is 23.2 Å². The van der Waals surface area contributed by atoms with Crippen LogP contribution in [0.1, 0.15) is 60.6 Å². The van der Waals surface area contributed by atoms with Gasteiger partial charge in [0.25, 0.3) is 0 Å². The van der Waals surface area contributed by atoms with E-state index in [9.17, 15) is 14.5 Å². The van der Waals surface area contributed by atoms with Crippen LogP contribution in [0.15, 0.2) is 60.0 Å². The number of carbonyl (C=O) groups is 1. The lowest BCUT2D eigenvalue weighted by molar-refractivity contribution is 0.0601. The molecule has 1 aromatic heterocycles. The van der Waals surface area contributed by atoms with Crippen LogP contribution in [-0.2, 0) is 15.9 Å². The van der Waals surface area contributed by atoms with E-state index >= 15 is 0 Å². The molecular formula is C25H30N2O4S. The van der Waals surface area contributed by atoms with E-state index in [0.29, 0.717) is 33.3 Å². The Hall–Kier alpha value is -2.61. The van der Waals surface area contributed by atoms with Gasteiger partial charge in [0.1, 0.15) is 5.75 Å². The molecule has 0 saturated heterocycles. The molecule has 7 heteroatoms. The fraction of sp³-hybridized carbons (Fsp3) is 0.360. The minimum absolute atomic E-state index is 0.228. The van der Waals surface area contributed by atoms with Gasteiger partial charge in [0.15, 0.2) is 4.90 Å². The summed E-state index contributed by atoms with van der Waals surface area (Å²) in [6.45, 7) is 5.95. The van der Waals surface area contributed by atoms with Crippen molar-refractivity contribution in [2.45, 2.75) is 44.0 Å². The molecule has 1 N–H and O–H groups in total. The average Bonchev–Trinajstić information content (AvgIpc) is 3.37. The van der Waals surface area contributed by atoms with Crippen molar-refractivity contribution in [3.05, 3.63) is 71.8 Å². The summed E-state index contributed by atoms with van der Waals surface area (Å²) in [5.74, 6) is 0.373. The zero-order chi connectivity index (χ0) is 23.3. The molecule has 0 fully saturated rings. The van der Waals surface area contributed by atoms with Gasteiger partial charge in [0, 0.05) is 29.6 Å². The van der Waals surface area contributed by atoms with Crippen molar-refractivity contribution >= 4 is 17.1 Å². The molecule has 32 heavy (non-hydrogen) atoms. The van der Waals surface area contributed by atoms with Gasteiger partial charge in [-0.25, -0.2) is 9.78 Å². The van der Waals surface area contributed by atoms with Crippen LogP contribution < -0.4 is 0 Å². The monoisotopic (exact) mass is 454 g/mol. The van der Waals surface area contributed by atoms with E-state index in [1.165, 1.54) is 12.7 Å². The normalized spacial score (nSPS) is 14.1. The topological polar surface area (TPSA) is 87.4 Å². The van der Waals surface area contributed by atoms with E-state index in [0.717, 1.165) is 12.0 Å². The molecule has 0 amide bonds. The third kappa shape index (κ3) is 4.90. The predicted octanol–water partition coefficient (Wildman–Crippen LogP) is 4.56. The lowest BCUT2D eigenvalue weighted by Gasteiger charge is -2.23. The van der Waals surface area contributed by atoms with Crippen LogP contribution in [0, 0.1) is 0 Å². The van der Waals surface area contributed by atoms with Crippen molar-refractivity contribution in [3.8, 4) is 11.1 Å². The lowest BCUT2D eigenvalue weighted by Crippen LogP contribution is -2.19. The average molecular weight is 455 g/mol. The van der Waals surface area contributed by atoms with Gasteiger partial charge in [0.2, 0.25) is 0 Å². The summed E-state index contributed by atoms with van der Waals surface area (Å²) in [6, 6.07) is 11.1. The maximum absolute atomic E-state index is 13.0. The van der Waals surface area contributed by atoms with Gasteiger partial charge in [-0.05, 0) is 47.6 Å². The number of esters is 1. The van der Waals surface area contributed by atoms with Crippen molar-refractivity contribution in [2.24, 2.45) is 0 Å². The molecule has 3 unspecified atom stereocenters. The molecule has 0 saturated carbocycles. The first-order valence-corrected chi connectivity index (χ1v) is 12.1. The molecule has 0 spiro atoms. The van der Waals surface area contributed by atoms with Crippen LogP contribution in [0.2, 0.25) is 0 Å². The van der Waals surface area contributed by atoms with Gasteiger partial charge in [-0.2, -0.15) is 0 Å². The number of rotatable bonds is 9. The van der Waals surface area contributed by atoms with Crippen molar-refractivity contribution in [1.29, 1.82) is 0 Å². The molecule has 0 aliphatic heterocycles. The Morgan fingerprint density at radius 2 is 1.97 bits per heavy atom. The summed E-state index contributed by atoms with van der Waals surface area (Å²) < 4.78 is 19.8. The van der Waals surface area contributed by atoms with E-state index in [2.05, 4.69) is 31.0 Å². The largest absolute Gasteiger partial charge is 0.611 e. The van der Waals surface area contributed by atoms with E-state index in [1.54, 1.807) is 35.4 Å². The van der Waals surface area contributed by atoms with Crippen LogP contribution in [0.5, 0.6) is 0 Å². The number of ether oxygens (including phenoxy) is 1. The maximum atomic E-state index is 13.0. The van der Waals surface area contributed by atoms with Gasteiger partial charge in [-0.1, -0.05) is 38.1 Å². The maximum Gasteiger partial charge on any atom is 0.338 e. The summed E-state index contributed by atoms with van der Waals surface area (Å²) in [5.41, 5.74) is 3.72. The minimum atomic E-state index is -1.30. The van der Waals surface area contributed by atoms with Crippen molar-refractivity contribution in [1.82, 2.24) is 9.55 Å². The van der Waals surface area contributed by atoms with Crippen LogP contribution in [0.25, 0.3) is 11.1 Å². The molecule has 0 aliphatic carbocycles. The summed E-state index contributed by atoms with van der Waals surface area (Å²) in [7, 11) is 1.34. The molecule has 6 nitrogen and oxygen atoms in total. The molecule has 0 bridgehead atoms. The fourth-order valence-electron chi connectivity index (χ4n) is 3.76. The number of hydrogen-bond acceptors (Lipinski definition) is 5. The molecule has 170 valence electrons. The van der Waals surface area contributed by atoms with Crippen LogP contribution in [0.3, 0.4) is 0 Å². The van der Waals surface area contributed by atoms with Gasteiger partial charge in [0.05, 0.1) is 31.6 Å². The lowest BCUT2D eigenvalue weighted by atomic mass is 9.92. The van der Waals surface area contributed by atoms with Crippen LogP contribution in [-0.4, -0.2) is 44.6 Å². The predicted molar refractivity (Wildman–Crippen MR) is 126 cm³/mol. The molecule has 2 aromatic carbocycles. The summed E-state index contributed by atoms with van der Waals surface area (Å²) in [6.07, 6.45) is 5.99. The highest BCUT2D eigenvalue weighted by molar-refractivity contribution is 7.91. The number of aliphatic hydroxyl groups excluding tert-OH is 1. The number of hydrogen-bond donors (Lipinski definition) is 1. The molecule has 3 rings (SSSR count). The summed E-state index contributed by atoms with van der Waals surface area (Å²) in [5, 5.41) is 10.1. The van der Waals surface area contributed by atoms with Crippen molar-refractivity contribution < 1.29 is 19.2 Å². The highest BCUT2D eigenvalue weighted by atomic mass is 32.2. The number of methoxy groups -OCH3 is 1. The molecule has 0 radical (unpaired) electrons. The molecular weight excluding hydrogens is 424 g/mol. The highest BCUT2D eigenvalue weighted by Crippen LogP contribution is 2.35. The first kappa shape index (κ1) is 24.0. The Bertz CT molecular complexity index is 1030. The Morgan fingerprint density at radius 1 is 1.25 bits per heavy atom. The quantitative estimate of drug-likeness (QED) is 0.378. The van der Waals surface area contributed by atoms with Crippen LogP contribution >= 0.6 is 0 Å². The molecule has 3 atom stereocenters. The number of nitrogens with zero attached hydrogens (tertiary/aromatic N) is 2. The standard InChI is InChI=1S/C25H30N2O4S/c1-5-17(3)18-7-9-19(10-8-18)20-14-24(32(30)6-2)22(13-21(20)25(29)31-4)23(15-28)27-12-11-26-16-27/h7-14,16-17,23,28H,5-6,15H2,1-4H3. The van der Waals surface area contributed by atoms with E-state index in [-0.39, 0.29) is 6.61 Å². The van der Waals surface area contributed by atoms with Gasteiger partial charge < -0.3 is 19.0 Å². The first-order chi connectivity index (χ1) is 15.4. The van der Waals surface area contributed by atoms with Crippen molar-refractivity contribution in [3.63, 3.8) is 0 Å². The molecule has 1 heterocycles. The summed E-state index contributed by atoms with van der Waals surface area (Å²) in [4.78, 5) is 17.4. The number of benzene rings is 2. The van der Waals surface area contributed by atoms with Gasteiger partial charge >= 0.3 is 5.97 Å². The van der Waals surface area contributed by atoms with Gasteiger partial charge in [-0.3, -0.25) is 0 Å².